The molecule has 0 unspecified atom stereocenters. The van der Waals surface area contributed by atoms with Gasteiger partial charge in [-0.25, -0.2) is 9.78 Å². The number of aromatic nitrogens is 1. The minimum Gasteiger partial charge on any atom is -0.457 e. The van der Waals surface area contributed by atoms with Crippen LogP contribution in [0.5, 0.6) is 11.5 Å². The fourth-order valence-corrected chi connectivity index (χ4v) is 2.40. The van der Waals surface area contributed by atoms with Crippen LogP contribution in [0.4, 0.5) is 16.3 Å². The number of amides is 2. The number of urea groups is 1. The van der Waals surface area contributed by atoms with Gasteiger partial charge in [0.15, 0.2) is 0 Å². The normalized spacial score (nSPS) is 12.9. The van der Waals surface area contributed by atoms with Crippen LogP contribution in [0.1, 0.15) is 5.56 Å². The summed E-state index contributed by atoms with van der Waals surface area (Å²) in [7, 11) is 1.63. The fourth-order valence-electron chi connectivity index (χ4n) is 2.40. The summed E-state index contributed by atoms with van der Waals surface area (Å²) < 4.78 is 5.77. The number of pyridine rings is 1. The second-order valence-electron chi connectivity index (χ2n) is 4.77. The van der Waals surface area contributed by atoms with Crippen LogP contribution >= 0.6 is 0 Å². The van der Waals surface area contributed by atoms with Crippen LogP contribution in [0, 0.1) is 0 Å². The van der Waals surface area contributed by atoms with Crippen molar-refractivity contribution in [2.45, 2.75) is 6.42 Å². The largest absolute Gasteiger partial charge is 0.457 e. The number of carbonyl (C=O) groups is 1. The average molecular weight is 284 g/mol. The maximum absolute atomic E-state index is 11.8. The molecule has 1 aliphatic heterocycles. The van der Waals surface area contributed by atoms with Crippen molar-refractivity contribution in [1.82, 2.24) is 10.3 Å². The summed E-state index contributed by atoms with van der Waals surface area (Å²) in [5.74, 6) is 1.68. The van der Waals surface area contributed by atoms with E-state index in [2.05, 4.69) is 10.3 Å². The number of fused-ring (bicyclic) bond motifs is 1. The maximum Gasteiger partial charge on any atom is 0.321 e. The number of nitrogens with zero attached hydrogens (tertiary/aromatic N) is 2. The van der Waals surface area contributed by atoms with E-state index in [1.807, 2.05) is 18.2 Å². The fraction of sp³-hybridized carbons (Fsp3) is 0.200. The molecule has 1 aromatic heterocycles. The zero-order valence-corrected chi connectivity index (χ0v) is 11.7. The quantitative estimate of drug-likeness (QED) is 0.885. The number of hydrogen-bond donors (Lipinski definition) is 2. The van der Waals surface area contributed by atoms with E-state index < -0.39 is 0 Å². The van der Waals surface area contributed by atoms with Crippen LogP contribution in [0.15, 0.2) is 36.5 Å². The molecule has 21 heavy (non-hydrogen) atoms. The Bertz CT molecular complexity index is 687. The molecule has 3 rings (SSSR count). The van der Waals surface area contributed by atoms with Crippen LogP contribution in [0.3, 0.4) is 0 Å². The van der Waals surface area contributed by atoms with E-state index in [1.165, 1.54) is 0 Å². The molecule has 0 saturated heterocycles. The van der Waals surface area contributed by atoms with Crippen molar-refractivity contribution in [1.29, 1.82) is 0 Å². The number of anilines is 2. The van der Waals surface area contributed by atoms with E-state index in [0.29, 0.717) is 23.9 Å². The Labute approximate surface area is 122 Å². The maximum atomic E-state index is 11.8. The summed E-state index contributed by atoms with van der Waals surface area (Å²) in [4.78, 5) is 17.5. The smallest absolute Gasteiger partial charge is 0.321 e. The zero-order chi connectivity index (χ0) is 14.8. The van der Waals surface area contributed by atoms with E-state index in [0.717, 1.165) is 17.7 Å². The molecule has 0 saturated carbocycles. The van der Waals surface area contributed by atoms with Gasteiger partial charge < -0.3 is 15.8 Å². The first kappa shape index (κ1) is 13.2. The Morgan fingerprint density at radius 3 is 2.90 bits per heavy atom. The predicted octanol–water partition coefficient (Wildman–Crippen LogP) is 2.16. The molecule has 0 aliphatic carbocycles. The Balaban J connectivity index is 1.87. The van der Waals surface area contributed by atoms with Gasteiger partial charge in [0.05, 0.1) is 5.69 Å². The van der Waals surface area contributed by atoms with Crippen LogP contribution in [0.25, 0.3) is 0 Å². The average Bonchev–Trinajstić information content (AvgIpc) is 2.89. The highest BCUT2D eigenvalue weighted by Crippen LogP contribution is 2.33. The van der Waals surface area contributed by atoms with E-state index in [1.54, 1.807) is 30.3 Å². The number of rotatable bonds is 2. The van der Waals surface area contributed by atoms with Crippen molar-refractivity contribution in [3.05, 3.63) is 42.1 Å². The standard InChI is InChI=1S/C15H16N4O2/c1-17-15(20)19-7-5-10-2-3-11(8-13(10)19)21-12-4-6-18-14(16)9-12/h2-4,6,8-9H,5,7H2,1H3,(H2,16,18)(H,17,20). The van der Waals surface area contributed by atoms with Gasteiger partial charge in [0.1, 0.15) is 17.3 Å². The van der Waals surface area contributed by atoms with Gasteiger partial charge in [0.2, 0.25) is 0 Å². The Kier molecular flexibility index (Phi) is 3.35. The van der Waals surface area contributed by atoms with Gasteiger partial charge in [-0.15, -0.1) is 0 Å². The Hall–Kier alpha value is -2.76. The molecule has 0 atom stereocenters. The van der Waals surface area contributed by atoms with Gasteiger partial charge >= 0.3 is 6.03 Å². The summed E-state index contributed by atoms with van der Waals surface area (Å²) in [6, 6.07) is 9.03. The third kappa shape index (κ3) is 2.60. The third-order valence-corrected chi connectivity index (χ3v) is 3.40. The molecule has 3 N–H and O–H groups in total. The topological polar surface area (TPSA) is 80.5 Å². The zero-order valence-electron chi connectivity index (χ0n) is 11.7. The first-order valence-electron chi connectivity index (χ1n) is 6.69. The first-order valence-corrected chi connectivity index (χ1v) is 6.69. The van der Waals surface area contributed by atoms with E-state index >= 15 is 0 Å². The minimum absolute atomic E-state index is 0.112. The lowest BCUT2D eigenvalue weighted by atomic mass is 10.1. The minimum atomic E-state index is -0.112. The number of ether oxygens (including phenoxy) is 1. The number of nitrogens with two attached hydrogens (primary N) is 1. The van der Waals surface area contributed by atoms with Gasteiger partial charge in [-0.2, -0.15) is 0 Å². The van der Waals surface area contributed by atoms with Crippen LogP contribution in [-0.2, 0) is 6.42 Å². The van der Waals surface area contributed by atoms with E-state index in [9.17, 15) is 4.79 Å². The summed E-state index contributed by atoms with van der Waals surface area (Å²) in [5.41, 5.74) is 7.65. The summed E-state index contributed by atoms with van der Waals surface area (Å²) in [5, 5.41) is 2.65. The molecule has 6 heteroatoms. The van der Waals surface area contributed by atoms with Crippen LogP contribution < -0.4 is 20.7 Å². The predicted molar refractivity (Wildman–Crippen MR) is 80.7 cm³/mol. The molecule has 1 aliphatic rings. The van der Waals surface area contributed by atoms with Crippen molar-refractivity contribution in [2.24, 2.45) is 0 Å². The lowest BCUT2D eigenvalue weighted by Crippen LogP contribution is -2.36. The second-order valence-corrected chi connectivity index (χ2v) is 4.77. The number of nitrogens with one attached hydrogen (secondary N) is 1. The van der Waals surface area contributed by atoms with Crippen LogP contribution in [0.2, 0.25) is 0 Å². The van der Waals surface area contributed by atoms with Crippen molar-refractivity contribution in [2.75, 3.05) is 24.2 Å². The van der Waals surface area contributed by atoms with Crippen molar-refractivity contribution < 1.29 is 9.53 Å². The molecule has 108 valence electrons. The number of benzene rings is 1. The summed E-state index contributed by atoms with van der Waals surface area (Å²) in [6.07, 6.45) is 2.44. The summed E-state index contributed by atoms with van der Waals surface area (Å²) in [6.45, 7) is 0.681. The Morgan fingerprint density at radius 2 is 2.14 bits per heavy atom. The molecule has 2 heterocycles. The number of nitrogen functional groups attached to an aromatic ring is 1. The van der Waals surface area contributed by atoms with E-state index in [-0.39, 0.29) is 6.03 Å². The first-order chi connectivity index (χ1) is 10.2. The number of hydrogen-bond acceptors (Lipinski definition) is 4. The Morgan fingerprint density at radius 1 is 1.33 bits per heavy atom. The SMILES string of the molecule is CNC(=O)N1CCc2ccc(Oc3ccnc(N)c3)cc21. The monoisotopic (exact) mass is 284 g/mol. The lowest BCUT2D eigenvalue weighted by Gasteiger charge is -2.17. The molecule has 1 aromatic carbocycles. The second kappa shape index (κ2) is 5.32. The van der Waals surface area contributed by atoms with Gasteiger partial charge in [-0.05, 0) is 24.1 Å². The van der Waals surface area contributed by atoms with Gasteiger partial charge in [0, 0.05) is 31.9 Å². The highest BCUT2D eigenvalue weighted by Gasteiger charge is 2.24. The molecule has 2 amide bonds. The van der Waals surface area contributed by atoms with Crippen molar-refractivity contribution in [3.8, 4) is 11.5 Å². The van der Waals surface area contributed by atoms with Crippen molar-refractivity contribution in [3.63, 3.8) is 0 Å². The molecule has 0 radical (unpaired) electrons. The van der Waals surface area contributed by atoms with Crippen LogP contribution in [-0.4, -0.2) is 24.6 Å². The van der Waals surface area contributed by atoms with Gasteiger partial charge in [-0.3, -0.25) is 4.90 Å². The molecule has 0 fully saturated rings. The summed E-state index contributed by atoms with van der Waals surface area (Å²) >= 11 is 0. The number of carbonyl (C=O) groups excluding carboxylic acids is 1. The van der Waals surface area contributed by atoms with E-state index in [4.69, 9.17) is 10.5 Å². The highest BCUT2D eigenvalue weighted by atomic mass is 16.5. The molecule has 2 aromatic rings. The molecular weight excluding hydrogens is 268 g/mol. The third-order valence-electron chi connectivity index (χ3n) is 3.40. The van der Waals surface area contributed by atoms with Crippen molar-refractivity contribution >= 4 is 17.5 Å². The molecule has 0 spiro atoms. The van der Waals surface area contributed by atoms with Gasteiger partial charge in [0.25, 0.3) is 0 Å². The lowest BCUT2D eigenvalue weighted by molar-refractivity contribution is 0.248. The highest BCUT2D eigenvalue weighted by molar-refractivity contribution is 5.94. The van der Waals surface area contributed by atoms with Gasteiger partial charge in [-0.1, -0.05) is 6.07 Å². The molecular formula is C15H16N4O2. The molecule has 6 nitrogen and oxygen atoms in total. The molecule has 0 bridgehead atoms.